The molecule has 4 rings (SSSR count). The largest absolute Gasteiger partial charge is 0.355 e. The molecule has 24 heavy (non-hydrogen) atoms. The molecule has 1 aliphatic rings. The Bertz CT molecular complexity index is 835. The van der Waals surface area contributed by atoms with Crippen LogP contribution < -0.4 is 5.32 Å². The van der Waals surface area contributed by atoms with Gasteiger partial charge in [-0.2, -0.15) is 0 Å². The van der Waals surface area contributed by atoms with Crippen LogP contribution in [0, 0.1) is 5.82 Å². The first-order valence-corrected chi connectivity index (χ1v) is 8.96. The lowest BCUT2D eigenvalue weighted by atomic mass is 9.64. The predicted octanol–water partition coefficient (Wildman–Crippen LogP) is 3.32. The maximum Gasteiger partial charge on any atom is 0.226 e. The number of thiazole rings is 1. The Balaban J connectivity index is 1.40. The summed E-state index contributed by atoms with van der Waals surface area (Å²) in [5, 5.41) is 5.01. The standard InChI is InChI=1S/C18H18FN3OS/c19-14-4-2-13(3-5-14)18(6-1-7-18)12-20-16(23)10-15-11-22-8-9-24-17(22)21-15/h2-5,8-9,11H,1,6-7,10,12H2,(H,20,23). The van der Waals surface area contributed by atoms with Gasteiger partial charge in [0.05, 0.1) is 12.1 Å². The van der Waals surface area contributed by atoms with E-state index in [4.69, 9.17) is 0 Å². The molecular formula is C18H18FN3OS. The first-order valence-electron chi connectivity index (χ1n) is 8.08. The van der Waals surface area contributed by atoms with E-state index in [9.17, 15) is 9.18 Å². The average Bonchev–Trinajstić information content (AvgIpc) is 3.09. The molecule has 1 aliphatic carbocycles. The lowest BCUT2D eigenvalue weighted by molar-refractivity contribution is -0.120. The van der Waals surface area contributed by atoms with E-state index in [1.807, 2.05) is 34.3 Å². The van der Waals surface area contributed by atoms with E-state index in [-0.39, 0.29) is 23.6 Å². The molecular weight excluding hydrogens is 325 g/mol. The molecule has 0 spiro atoms. The van der Waals surface area contributed by atoms with Crippen LogP contribution in [0.1, 0.15) is 30.5 Å². The minimum absolute atomic E-state index is 0.0193. The van der Waals surface area contributed by atoms with Crippen LogP contribution in [0.15, 0.2) is 42.0 Å². The van der Waals surface area contributed by atoms with E-state index in [1.165, 1.54) is 12.1 Å². The van der Waals surface area contributed by atoms with Crippen molar-refractivity contribution in [3.05, 3.63) is 59.1 Å². The van der Waals surface area contributed by atoms with E-state index in [1.54, 1.807) is 11.3 Å². The number of halogens is 1. The second-order valence-corrected chi connectivity index (χ2v) is 7.29. The van der Waals surface area contributed by atoms with Crippen molar-refractivity contribution < 1.29 is 9.18 Å². The van der Waals surface area contributed by atoms with Gasteiger partial charge in [0, 0.05) is 29.7 Å². The van der Waals surface area contributed by atoms with Crippen molar-refractivity contribution in [3.63, 3.8) is 0 Å². The summed E-state index contributed by atoms with van der Waals surface area (Å²) >= 11 is 1.55. The van der Waals surface area contributed by atoms with Gasteiger partial charge in [-0.15, -0.1) is 11.3 Å². The number of benzene rings is 1. The highest BCUT2D eigenvalue weighted by Gasteiger charge is 2.38. The number of nitrogens with one attached hydrogen (secondary N) is 1. The van der Waals surface area contributed by atoms with Crippen molar-refractivity contribution in [1.82, 2.24) is 14.7 Å². The fraction of sp³-hybridized carbons (Fsp3) is 0.333. The van der Waals surface area contributed by atoms with Crippen molar-refractivity contribution in [2.75, 3.05) is 6.54 Å². The first kappa shape index (κ1) is 15.3. The molecule has 1 N–H and O–H groups in total. The molecule has 3 aromatic rings. The number of carbonyl (C=O) groups is 1. The molecule has 2 heterocycles. The number of imidazole rings is 1. The molecule has 0 atom stereocenters. The fourth-order valence-corrected chi connectivity index (χ4v) is 4.05. The monoisotopic (exact) mass is 343 g/mol. The Morgan fingerprint density at radius 1 is 1.33 bits per heavy atom. The highest BCUT2D eigenvalue weighted by molar-refractivity contribution is 7.15. The normalized spacial score (nSPS) is 16.0. The summed E-state index contributed by atoms with van der Waals surface area (Å²) in [4.78, 5) is 17.6. The highest BCUT2D eigenvalue weighted by atomic mass is 32.1. The van der Waals surface area contributed by atoms with Crippen LogP contribution >= 0.6 is 11.3 Å². The van der Waals surface area contributed by atoms with Gasteiger partial charge in [-0.3, -0.25) is 9.20 Å². The van der Waals surface area contributed by atoms with Gasteiger partial charge in [0.2, 0.25) is 5.91 Å². The zero-order valence-corrected chi connectivity index (χ0v) is 14.0. The van der Waals surface area contributed by atoms with Crippen LogP contribution in [0.4, 0.5) is 4.39 Å². The summed E-state index contributed by atoms with van der Waals surface area (Å²) in [7, 11) is 0. The summed E-state index contributed by atoms with van der Waals surface area (Å²) in [5.74, 6) is -0.244. The summed E-state index contributed by atoms with van der Waals surface area (Å²) in [6, 6.07) is 6.67. The smallest absolute Gasteiger partial charge is 0.226 e. The SMILES string of the molecule is O=C(Cc1cn2ccsc2n1)NCC1(c2ccc(F)cc2)CCC1. The van der Waals surface area contributed by atoms with Crippen LogP contribution in [0.5, 0.6) is 0 Å². The van der Waals surface area contributed by atoms with Gasteiger partial charge in [-0.05, 0) is 30.5 Å². The van der Waals surface area contributed by atoms with E-state index in [2.05, 4.69) is 10.3 Å². The minimum atomic E-state index is -0.225. The number of amides is 1. The van der Waals surface area contributed by atoms with Crippen molar-refractivity contribution in [2.24, 2.45) is 0 Å². The van der Waals surface area contributed by atoms with Crippen LogP contribution in [0.2, 0.25) is 0 Å². The van der Waals surface area contributed by atoms with Gasteiger partial charge in [0.25, 0.3) is 0 Å². The number of aromatic nitrogens is 2. The predicted molar refractivity (Wildman–Crippen MR) is 91.7 cm³/mol. The fourth-order valence-electron chi connectivity index (χ4n) is 3.33. The Labute approximate surface area is 143 Å². The van der Waals surface area contributed by atoms with Gasteiger partial charge < -0.3 is 5.32 Å². The molecule has 1 saturated carbocycles. The van der Waals surface area contributed by atoms with Crippen LogP contribution in [-0.2, 0) is 16.6 Å². The van der Waals surface area contributed by atoms with E-state index in [0.29, 0.717) is 6.54 Å². The van der Waals surface area contributed by atoms with Crippen molar-refractivity contribution in [1.29, 1.82) is 0 Å². The van der Waals surface area contributed by atoms with Crippen LogP contribution in [-0.4, -0.2) is 21.8 Å². The lowest BCUT2D eigenvalue weighted by Gasteiger charge is -2.42. The molecule has 6 heteroatoms. The molecule has 124 valence electrons. The lowest BCUT2D eigenvalue weighted by Crippen LogP contribution is -2.46. The number of fused-ring (bicyclic) bond motifs is 1. The van der Waals surface area contributed by atoms with E-state index < -0.39 is 0 Å². The topological polar surface area (TPSA) is 46.4 Å². The molecule has 1 fully saturated rings. The Kier molecular flexibility index (Phi) is 3.84. The van der Waals surface area contributed by atoms with Crippen molar-refractivity contribution in [2.45, 2.75) is 31.1 Å². The van der Waals surface area contributed by atoms with Crippen molar-refractivity contribution >= 4 is 22.2 Å². The Morgan fingerprint density at radius 3 is 2.79 bits per heavy atom. The third-order valence-corrected chi connectivity index (χ3v) is 5.65. The van der Waals surface area contributed by atoms with E-state index >= 15 is 0 Å². The van der Waals surface area contributed by atoms with Crippen molar-refractivity contribution in [3.8, 4) is 0 Å². The second-order valence-electron chi connectivity index (χ2n) is 6.42. The summed E-state index contributed by atoms with van der Waals surface area (Å²) < 4.78 is 15.1. The van der Waals surface area contributed by atoms with Gasteiger partial charge in [0.1, 0.15) is 5.82 Å². The summed E-state index contributed by atoms with van der Waals surface area (Å²) in [6.07, 6.45) is 7.31. The van der Waals surface area contributed by atoms with E-state index in [0.717, 1.165) is 35.5 Å². The molecule has 1 amide bonds. The number of rotatable bonds is 5. The molecule has 1 aromatic carbocycles. The molecule has 0 aliphatic heterocycles. The molecule has 0 bridgehead atoms. The van der Waals surface area contributed by atoms with Crippen LogP contribution in [0.25, 0.3) is 4.96 Å². The van der Waals surface area contributed by atoms with Gasteiger partial charge in [-0.1, -0.05) is 18.6 Å². The quantitative estimate of drug-likeness (QED) is 0.772. The zero-order valence-electron chi connectivity index (χ0n) is 13.2. The number of nitrogens with zero attached hydrogens (tertiary/aromatic N) is 2. The summed E-state index contributed by atoms with van der Waals surface area (Å²) in [6.45, 7) is 0.597. The minimum Gasteiger partial charge on any atom is -0.355 e. The average molecular weight is 343 g/mol. The molecule has 0 saturated heterocycles. The summed E-state index contributed by atoms with van der Waals surface area (Å²) in [5.41, 5.74) is 1.85. The first-order chi connectivity index (χ1) is 11.6. The van der Waals surface area contributed by atoms with Gasteiger partial charge in [0.15, 0.2) is 4.96 Å². The molecule has 4 nitrogen and oxygen atoms in total. The number of hydrogen-bond acceptors (Lipinski definition) is 3. The molecule has 0 unspecified atom stereocenters. The Hall–Kier alpha value is -2.21. The van der Waals surface area contributed by atoms with Gasteiger partial charge in [-0.25, -0.2) is 9.37 Å². The maximum atomic E-state index is 13.1. The molecule has 0 radical (unpaired) electrons. The van der Waals surface area contributed by atoms with Crippen LogP contribution in [0.3, 0.4) is 0 Å². The highest BCUT2D eigenvalue weighted by Crippen LogP contribution is 2.43. The maximum absolute atomic E-state index is 13.1. The number of hydrogen-bond donors (Lipinski definition) is 1. The third-order valence-electron chi connectivity index (χ3n) is 4.88. The van der Waals surface area contributed by atoms with Gasteiger partial charge >= 0.3 is 0 Å². The second kappa shape index (κ2) is 6.02. The number of carbonyl (C=O) groups excluding carboxylic acids is 1. The Morgan fingerprint density at radius 2 is 2.12 bits per heavy atom. The zero-order chi connectivity index (χ0) is 16.6. The molecule has 2 aromatic heterocycles. The third kappa shape index (κ3) is 2.82.